The molecule has 0 aliphatic carbocycles. The number of carboxylic acids is 1. The van der Waals surface area contributed by atoms with Crippen LogP contribution in [0.3, 0.4) is 0 Å². The molecule has 3 heteroatoms. The lowest BCUT2D eigenvalue weighted by molar-refractivity contribution is 0.0697. The van der Waals surface area contributed by atoms with Gasteiger partial charge in [0.2, 0.25) is 0 Å². The van der Waals surface area contributed by atoms with E-state index in [1.807, 2.05) is 6.07 Å². The second-order valence-corrected chi connectivity index (χ2v) is 3.81. The lowest BCUT2D eigenvalue weighted by atomic mass is 10.0. The fourth-order valence-electron chi connectivity index (χ4n) is 1.72. The molecule has 2 rings (SSSR count). The van der Waals surface area contributed by atoms with E-state index in [1.165, 1.54) is 6.08 Å². The number of rotatable bonds is 3. The van der Waals surface area contributed by atoms with E-state index < -0.39 is 12.1 Å². The minimum Gasteiger partial charge on any atom is -0.478 e. The minimum atomic E-state index is -0.942. The predicted molar refractivity (Wildman–Crippen MR) is 66.1 cm³/mol. The Bertz CT molecular complexity index is 587. The molecule has 0 heterocycles. The quantitative estimate of drug-likeness (QED) is 0.794. The van der Waals surface area contributed by atoms with E-state index in [9.17, 15) is 9.90 Å². The molecular formula is C14H12O3. The molecule has 0 saturated heterocycles. The first-order valence-electron chi connectivity index (χ1n) is 5.19. The van der Waals surface area contributed by atoms with Gasteiger partial charge >= 0.3 is 5.97 Å². The molecule has 0 aliphatic rings. The maximum Gasteiger partial charge on any atom is 0.335 e. The summed E-state index contributed by atoms with van der Waals surface area (Å²) in [6.45, 7) is 3.53. The fraction of sp³-hybridized carbons (Fsp3) is 0.0714. The van der Waals surface area contributed by atoms with E-state index in [0.717, 1.165) is 16.3 Å². The molecule has 0 bridgehead atoms. The van der Waals surface area contributed by atoms with Gasteiger partial charge in [0.1, 0.15) is 0 Å². The van der Waals surface area contributed by atoms with Crippen LogP contribution in [0.25, 0.3) is 10.8 Å². The average molecular weight is 228 g/mol. The van der Waals surface area contributed by atoms with Crippen molar-refractivity contribution < 1.29 is 15.0 Å². The summed E-state index contributed by atoms with van der Waals surface area (Å²) in [5, 5.41) is 20.2. The molecule has 0 fully saturated rings. The Labute approximate surface area is 98.6 Å². The molecule has 2 aromatic rings. The molecule has 0 aliphatic heterocycles. The number of aliphatic hydroxyl groups is 1. The largest absolute Gasteiger partial charge is 0.478 e. The highest BCUT2D eigenvalue weighted by Crippen LogP contribution is 2.22. The molecule has 0 radical (unpaired) electrons. The lowest BCUT2D eigenvalue weighted by Gasteiger charge is -2.07. The molecule has 1 atom stereocenters. The Hall–Kier alpha value is -2.13. The molecule has 0 amide bonds. The van der Waals surface area contributed by atoms with Gasteiger partial charge in [0.15, 0.2) is 0 Å². The summed E-state index contributed by atoms with van der Waals surface area (Å²) in [4.78, 5) is 10.8. The van der Waals surface area contributed by atoms with Crippen molar-refractivity contribution in [3.05, 3.63) is 60.2 Å². The molecule has 1 unspecified atom stereocenters. The van der Waals surface area contributed by atoms with Gasteiger partial charge in [-0.2, -0.15) is 0 Å². The van der Waals surface area contributed by atoms with Gasteiger partial charge in [-0.05, 0) is 34.5 Å². The van der Waals surface area contributed by atoms with Crippen molar-refractivity contribution in [2.24, 2.45) is 0 Å². The zero-order valence-electron chi connectivity index (χ0n) is 9.13. The van der Waals surface area contributed by atoms with Gasteiger partial charge in [-0.1, -0.05) is 24.3 Å². The minimum absolute atomic E-state index is 0.259. The van der Waals surface area contributed by atoms with Crippen LogP contribution in [0.1, 0.15) is 22.0 Å². The number of aromatic carboxylic acids is 1. The number of fused-ring (bicyclic) bond motifs is 1. The third-order valence-electron chi connectivity index (χ3n) is 2.68. The van der Waals surface area contributed by atoms with E-state index in [0.29, 0.717) is 0 Å². The van der Waals surface area contributed by atoms with Gasteiger partial charge < -0.3 is 10.2 Å². The zero-order valence-corrected chi connectivity index (χ0v) is 9.13. The standard InChI is InChI=1S/C14H12O3/c1-2-13(15)11-5-3-10-8-12(14(16)17)6-4-9(10)7-11/h2-8,13,15H,1H2,(H,16,17). The lowest BCUT2D eigenvalue weighted by Crippen LogP contribution is -1.96. The van der Waals surface area contributed by atoms with Crippen LogP contribution in [0, 0.1) is 0 Å². The van der Waals surface area contributed by atoms with Gasteiger partial charge in [-0.25, -0.2) is 4.79 Å². The van der Waals surface area contributed by atoms with Crippen molar-refractivity contribution in [3.8, 4) is 0 Å². The normalized spacial score (nSPS) is 12.3. The molecule has 3 nitrogen and oxygen atoms in total. The van der Waals surface area contributed by atoms with E-state index in [4.69, 9.17) is 5.11 Å². The first-order chi connectivity index (χ1) is 8.11. The molecule has 0 aromatic heterocycles. The van der Waals surface area contributed by atoms with Crippen molar-refractivity contribution in [2.45, 2.75) is 6.10 Å². The van der Waals surface area contributed by atoms with Crippen LogP contribution in [-0.2, 0) is 0 Å². The molecule has 17 heavy (non-hydrogen) atoms. The van der Waals surface area contributed by atoms with Gasteiger partial charge in [-0.3, -0.25) is 0 Å². The van der Waals surface area contributed by atoms with Crippen LogP contribution in [0.2, 0.25) is 0 Å². The summed E-state index contributed by atoms with van der Waals surface area (Å²) in [5.74, 6) is -0.942. The molecule has 86 valence electrons. The van der Waals surface area contributed by atoms with Gasteiger partial charge in [0.05, 0.1) is 11.7 Å². The third-order valence-corrected chi connectivity index (χ3v) is 2.68. The van der Waals surface area contributed by atoms with Crippen LogP contribution in [0.4, 0.5) is 0 Å². The summed E-state index contributed by atoms with van der Waals surface area (Å²) < 4.78 is 0. The summed E-state index contributed by atoms with van der Waals surface area (Å²) >= 11 is 0. The Kier molecular flexibility index (Phi) is 2.93. The van der Waals surface area contributed by atoms with Crippen molar-refractivity contribution in [2.75, 3.05) is 0 Å². The SMILES string of the molecule is C=CC(O)c1ccc2cc(C(=O)O)ccc2c1. The number of hydrogen-bond donors (Lipinski definition) is 2. The predicted octanol–water partition coefficient (Wildman–Crippen LogP) is 2.76. The number of carbonyl (C=O) groups is 1. The fourth-order valence-corrected chi connectivity index (χ4v) is 1.72. The molecule has 0 spiro atoms. The van der Waals surface area contributed by atoms with Crippen LogP contribution in [-0.4, -0.2) is 16.2 Å². The number of carboxylic acid groups (broad SMARTS) is 1. The third kappa shape index (κ3) is 2.19. The van der Waals surface area contributed by atoms with E-state index in [-0.39, 0.29) is 5.56 Å². The Morgan fingerprint density at radius 2 is 1.82 bits per heavy atom. The summed E-state index contributed by atoms with van der Waals surface area (Å²) in [5.41, 5.74) is 1.00. The number of aliphatic hydroxyl groups excluding tert-OH is 1. The van der Waals surface area contributed by atoms with Crippen molar-refractivity contribution in [1.82, 2.24) is 0 Å². The highest BCUT2D eigenvalue weighted by molar-refractivity contribution is 5.94. The maximum atomic E-state index is 10.8. The molecular weight excluding hydrogens is 216 g/mol. The second-order valence-electron chi connectivity index (χ2n) is 3.81. The van der Waals surface area contributed by atoms with Crippen LogP contribution in [0.5, 0.6) is 0 Å². The van der Waals surface area contributed by atoms with Gasteiger partial charge in [0.25, 0.3) is 0 Å². The summed E-state index contributed by atoms with van der Waals surface area (Å²) in [7, 11) is 0. The Morgan fingerprint density at radius 1 is 1.18 bits per heavy atom. The highest BCUT2D eigenvalue weighted by Gasteiger charge is 2.06. The summed E-state index contributed by atoms with van der Waals surface area (Å²) in [6, 6.07) is 10.3. The number of hydrogen-bond acceptors (Lipinski definition) is 2. The monoisotopic (exact) mass is 228 g/mol. The van der Waals surface area contributed by atoms with Crippen molar-refractivity contribution in [1.29, 1.82) is 0 Å². The smallest absolute Gasteiger partial charge is 0.335 e. The first kappa shape index (κ1) is 11.4. The topological polar surface area (TPSA) is 57.5 Å². The average Bonchev–Trinajstić information content (AvgIpc) is 2.36. The Morgan fingerprint density at radius 3 is 2.47 bits per heavy atom. The van der Waals surface area contributed by atoms with Crippen LogP contribution >= 0.6 is 0 Å². The van der Waals surface area contributed by atoms with Crippen LogP contribution < -0.4 is 0 Å². The van der Waals surface area contributed by atoms with Crippen LogP contribution in [0.15, 0.2) is 49.1 Å². The maximum absolute atomic E-state index is 10.8. The molecule has 2 N–H and O–H groups in total. The van der Waals surface area contributed by atoms with E-state index >= 15 is 0 Å². The van der Waals surface area contributed by atoms with Crippen molar-refractivity contribution >= 4 is 16.7 Å². The van der Waals surface area contributed by atoms with E-state index in [1.54, 1.807) is 30.3 Å². The van der Waals surface area contributed by atoms with Gasteiger partial charge in [0, 0.05) is 0 Å². The van der Waals surface area contributed by atoms with E-state index in [2.05, 4.69) is 6.58 Å². The number of benzene rings is 2. The first-order valence-corrected chi connectivity index (χ1v) is 5.19. The zero-order chi connectivity index (χ0) is 12.4. The van der Waals surface area contributed by atoms with Gasteiger partial charge in [-0.15, -0.1) is 6.58 Å². The second kappa shape index (κ2) is 4.39. The Balaban J connectivity index is 2.53. The highest BCUT2D eigenvalue weighted by atomic mass is 16.4. The molecule has 2 aromatic carbocycles. The van der Waals surface area contributed by atoms with Crippen molar-refractivity contribution in [3.63, 3.8) is 0 Å². The molecule has 0 saturated carbocycles. The summed E-state index contributed by atoms with van der Waals surface area (Å²) in [6.07, 6.45) is 0.755.